The molecule has 3 saturated heterocycles. The van der Waals surface area contributed by atoms with Crippen molar-refractivity contribution in [3.63, 3.8) is 0 Å². The van der Waals surface area contributed by atoms with Crippen LogP contribution in [0.4, 0.5) is 5.69 Å². The van der Waals surface area contributed by atoms with Crippen molar-refractivity contribution in [3.8, 4) is 0 Å². The number of nitrogen functional groups attached to an aromatic ring is 1. The van der Waals surface area contributed by atoms with E-state index in [0.29, 0.717) is 74.8 Å². The summed E-state index contributed by atoms with van der Waals surface area (Å²) < 4.78 is 0. The van der Waals surface area contributed by atoms with E-state index in [9.17, 15) is 48.6 Å². The van der Waals surface area contributed by atoms with Crippen molar-refractivity contribution in [3.05, 3.63) is 65.7 Å². The number of hydrogen-bond acceptors (Lipinski definition) is 12. The van der Waals surface area contributed by atoms with Gasteiger partial charge >= 0.3 is 5.97 Å². The Hall–Kier alpha value is -6.81. The molecule has 22 nitrogen and oxygen atoms in total. The molecule has 358 valence electrons. The van der Waals surface area contributed by atoms with E-state index in [2.05, 4.69) is 26.3 Å². The van der Waals surface area contributed by atoms with Crippen LogP contribution in [0.5, 0.6) is 0 Å². The summed E-state index contributed by atoms with van der Waals surface area (Å²) in [6, 6.07) is 7.38. The van der Waals surface area contributed by atoms with Crippen molar-refractivity contribution in [2.75, 3.05) is 45.1 Å². The zero-order valence-corrected chi connectivity index (χ0v) is 36.8. The molecule has 0 unspecified atom stereocenters. The van der Waals surface area contributed by atoms with E-state index in [1.807, 2.05) is 0 Å². The van der Waals surface area contributed by atoms with Crippen molar-refractivity contribution in [2.45, 2.75) is 107 Å². The Labute approximate surface area is 382 Å². The van der Waals surface area contributed by atoms with E-state index in [1.165, 1.54) is 14.7 Å². The van der Waals surface area contributed by atoms with E-state index >= 15 is 0 Å². The number of carbonyl (C=O) groups excluding carboxylic acids is 7. The molecule has 0 aliphatic carbocycles. The van der Waals surface area contributed by atoms with Gasteiger partial charge in [0.25, 0.3) is 0 Å². The number of anilines is 1. The van der Waals surface area contributed by atoms with Crippen LogP contribution < -0.4 is 44.2 Å². The number of carbonyl (C=O) groups is 8. The first-order valence-electron chi connectivity index (χ1n) is 22.2. The molecule has 0 spiro atoms. The number of nitrogens with one attached hydrogen (secondary N) is 4. The van der Waals surface area contributed by atoms with Gasteiger partial charge in [-0.25, -0.2) is 4.79 Å². The fourth-order valence-electron chi connectivity index (χ4n) is 8.55. The highest BCUT2D eigenvalue weighted by atomic mass is 16.4. The first kappa shape index (κ1) is 50.2. The molecule has 3 aliphatic heterocycles. The van der Waals surface area contributed by atoms with E-state index in [1.54, 1.807) is 54.6 Å². The molecule has 0 aromatic heterocycles. The van der Waals surface area contributed by atoms with Gasteiger partial charge in [-0.2, -0.15) is 0 Å². The van der Waals surface area contributed by atoms with Gasteiger partial charge in [0.05, 0.1) is 19.2 Å². The molecule has 5 rings (SSSR count). The van der Waals surface area contributed by atoms with Gasteiger partial charge in [0, 0.05) is 44.7 Å². The largest absolute Gasteiger partial charge is 0.480 e. The Kier molecular flexibility index (Phi) is 18.2. The number of aliphatic hydroxyl groups is 1. The maximum Gasteiger partial charge on any atom is 0.326 e. The number of guanidine groups is 1. The molecule has 2 aromatic rings. The molecule has 14 N–H and O–H groups in total. The lowest BCUT2D eigenvalue weighted by Gasteiger charge is -2.32. The quantitative estimate of drug-likeness (QED) is 0.0259. The second-order valence-electron chi connectivity index (χ2n) is 16.7. The zero-order chi connectivity index (χ0) is 47.9. The van der Waals surface area contributed by atoms with Gasteiger partial charge in [-0.15, -0.1) is 0 Å². The maximum atomic E-state index is 13.9. The standard InChI is InChI=1S/C44H62N12O10/c45-28-16-14-27(15-17-28)22-30(37(59)53-32(25-57)41(63)54-19-6-12-34(54)39(61)52-31(43(65)66)23-26-8-2-1-3-9-26)51-36(58)24-50-38(60)33-11-5-20-55(33)42(64)35-13-7-21-56(35)40(62)29(46)10-4-18-49-44(47)48/h1-3,8-9,14-17,29-35,57H,4-7,10-13,18-25,45-46H2,(H,50,60)(H,51,58)(H,52,61)(H,53,59)(H,65,66)(H4,47,48,49)/t29-,30-,31-,32-,33-,34-,35-/m0/s1. The summed E-state index contributed by atoms with van der Waals surface area (Å²) in [7, 11) is 0. The normalized spacial score (nSPS) is 19.8. The second kappa shape index (κ2) is 23.9. The van der Waals surface area contributed by atoms with Gasteiger partial charge in [0.15, 0.2) is 5.96 Å². The lowest BCUT2D eigenvalue weighted by molar-refractivity contribution is -0.147. The summed E-state index contributed by atoms with van der Waals surface area (Å²) in [6.45, 7) is -0.449. The Morgan fingerprint density at radius 2 is 1.27 bits per heavy atom. The fraction of sp³-hybridized carbons (Fsp3) is 0.523. The average molecular weight is 919 g/mol. The second-order valence-corrected chi connectivity index (χ2v) is 16.7. The van der Waals surface area contributed by atoms with Gasteiger partial charge in [-0.3, -0.25) is 38.6 Å². The number of carboxylic acid groups (broad SMARTS) is 1. The van der Waals surface area contributed by atoms with Crippen LogP contribution in [0.15, 0.2) is 59.6 Å². The Morgan fingerprint density at radius 3 is 1.89 bits per heavy atom. The highest BCUT2D eigenvalue weighted by molar-refractivity contribution is 5.97. The number of rotatable bonds is 21. The summed E-state index contributed by atoms with van der Waals surface area (Å²) in [5.41, 5.74) is 24.5. The molecule has 3 aliphatic rings. The predicted octanol–water partition coefficient (Wildman–Crippen LogP) is -2.94. The van der Waals surface area contributed by atoms with Gasteiger partial charge in [-0.05, 0) is 74.6 Å². The van der Waals surface area contributed by atoms with Crippen molar-refractivity contribution in [1.29, 1.82) is 0 Å². The molecule has 7 amide bonds. The number of carboxylic acids is 1. The van der Waals surface area contributed by atoms with E-state index in [-0.39, 0.29) is 44.2 Å². The lowest BCUT2D eigenvalue weighted by Crippen LogP contribution is -2.59. The van der Waals surface area contributed by atoms with Crippen LogP contribution in [0.1, 0.15) is 62.5 Å². The molecule has 7 atom stereocenters. The van der Waals surface area contributed by atoms with Crippen LogP contribution in [0.3, 0.4) is 0 Å². The van der Waals surface area contributed by atoms with Crippen LogP contribution in [-0.2, 0) is 51.2 Å². The molecule has 2 aromatic carbocycles. The Morgan fingerprint density at radius 1 is 0.697 bits per heavy atom. The monoisotopic (exact) mass is 918 g/mol. The third kappa shape index (κ3) is 13.6. The molecule has 66 heavy (non-hydrogen) atoms. The highest BCUT2D eigenvalue weighted by Gasteiger charge is 2.43. The first-order chi connectivity index (χ1) is 31.6. The Balaban J connectivity index is 1.19. The maximum absolute atomic E-state index is 13.9. The molecule has 3 fully saturated rings. The van der Waals surface area contributed by atoms with E-state index in [0.717, 1.165) is 0 Å². The molecule has 0 bridgehead atoms. The van der Waals surface area contributed by atoms with E-state index in [4.69, 9.17) is 22.9 Å². The third-order valence-corrected chi connectivity index (χ3v) is 12.0. The van der Waals surface area contributed by atoms with Crippen LogP contribution in [-0.4, -0.2) is 160 Å². The molecule has 0 saturated carbocycles. The topological polar surface area (TPSA) is 351 Å². The smallest absolute Gasteiger partial charge is 0.326 e. The van der Waals surface area contributed by atoms with Crippen LogP contribution in [0.25, 0.3) is 0 Å². The number of aliphatic hydroxyl groups excluding tert-OH is 1. The SMILES string of the molecule is NC(N)=NCCC[C@H](N)C(=O)N1CCC[C@H]1C(=O)N1CCC[C@H]1C(=O)NCC(=O)N[C@@H](Cc1ccc(N)cc1)C(=O)N[C@@H](CO)C(=O)N1CCC[C@H]1C(=O)N[C@@H](Cc1ccccc1)C(=O)O. The van der Waals surface area contributed by atoms with Gasteiger partial charge < -0.3 is 69.1 Å². The number of aliphatic imine (C=N–C) groups is 1. The average Bonchev–Trinajstić information content (AvgIpc) is 4.11. The first-order valence-corrected chi connectivity index (χ1v) is 22.2. The number of nitrogens with two attached hydrogens (primary N) is 4. The number of hydrogen-bond donors (Lipinski definition) is 10. The lowest BCUT2D eigenvalue weighted by atomic mass is 10.0. The van der Waals surface area contributed by atoms with Crippen molar-refractivity contribution in [2.24, 2.45) is 22.2 Å². The molecule has 0 radical (unpaired) electrons. The number of benzene rings is 2. The number of nitrogens with zero attached hydrogens (tertiary/aromatic N) is 4. The van der Waals surface area contributed by atoms with Crippen LogP contribution >= 0.6 is 0 Å². The minimum absolute atomic E-state index is 0.00547. The number of aliphatic carboxylic acids is 1. The summed E-state index contributed by atoms with van der Waals surface area (Å²) in [4.78, 5) is 115. The van der Waals surface area contributed by atoms with E-state index < -0.39 is 96.9 Å². The van der Waals surface area contributed by atoms with Gasteiger partial charge in [-0.1, -0.05) is 42.5 Å². The summed E-state index contributed by atoms with van der Waals surface area (Å²) in [6.07, 6.45) is 3.10. The molecule has 22 heteroatoms. The van der Waals surface area contributed by atoms with Crippen LogP contribution in [0, 0.1) is 0 Å². The molecular formula is C44H62N12O10. The third-order valence-electron chi connectivity index (χ3n) is 12.0. The zero-order valence-electron chi connectivity index (χ0n) is 36.8. The minimum atomic E-state index is -1.54. The van der Waals surface area contributed by atoms with Crippen molar-refractivity contribution in [1.82, 2.24) is 36.0 Å². The number of amides is 7. The minimum Gasteiger partial charge on any atom is -0.480 e. The van der Waals surface area contributed by atoms with Gasteiger partial charge in [0.2, 0.25) is 41.4 Å². The summed E-state index contributed by atoms with van der Waals surface area (Å²) >= 11 is 0. The Bertz CT molecular complexity index is 2090. The highest BCUT2D eigenvalue weighted by Crippen LogP contribution is 2.26. The van der Waals surface area contributed by atoms with Crippen LogP contribution in [0.2, 0.25) is 0 Å². The summed E-state index contributed by atoms with van der Waals surface area (Å²) in [5.74, 6) is -5.82. The van der Waals surface area contributed by atoms with Gasteiger partial charge in [0.1, 0.15) is 36.3 Å². The summed E-state index contributed by atoms with van der Waals surface area (Å²) in [5, 5.41) is 30.4. The molecule has 3 heterocycles. The van der Waals surface area contributed by atoms with Crippen molar-refractivity contribution >= 4 is 59.0 Å². The fourth-order valence-corrected chi connectivity index (χ4v) is 8.55. The molecular weight excluding hydrogens is 857 g/mol. The predicted molar refractivity (Wildman–Crippen MR) is 240 cm³/mol. The van der Waals surface area contributed by atoms with Crippen molar-refractivity contribution < 1.29 is 48.6 Å². The number of likely N-dealkylation sites (tertiary alicyclic amines) is 3.